The average Bonchev–Trinajstić information content (AvgIpc) is 2.62. The lowest BCUT2D eigenvalue weighted by atomic mass is 9.79. The molecule has 1 saturated heterocycles. The summed E-state index contributed by atoms with van der Waals surface area (Å²) < 4.78 is 5.32. The molecule has 1 saturated carbocycles. The van der Waals surface area contributed by atoms with Gasteiger partial charge in [-0.2, -0.15) is 0 Å². The Hall–Kier alpha value is -0.0800. The minimum Gasteiger partial charge on any atom is -0.389 e. The second-order valence-electron chi connectivity index (χ2n) is 4.35. The molecule has 0 bridgehead atoms. The first-order valence-corrected chi connectivity index (χ1v) is 5.03. The first-order chi connectivity index (χ1) is 5.73. The van der Waals surface area contributed by atoms with Crippen molar-refractivity contribution in [2.24, 2.45) is 11.8 Å². The molecule has 0 radical (unpaired) electrons. The molecule has 2 rings (SSSR count). The van der Waals surface area contributed by atoms with E-state index in [2.05, 4.69) is 6.92 Å². The Bertz CT molecular complexity index is 163. The van der Waals surface area contributed by atoms with Crippen molar-refractivity contribution < 1.29 is 9.84 Å². The highest BCUT2D eigenvalue weighted by Crippen LogP contribution is 2.43. The second-order valence-corrected chi connectivity index (χ2v) is 4.35. The second kappa shape index (κ2) is 3.00. The highest BCUT2D eigenvalue weighted by atomic mass is 16.5. The van der Waals surface area contributed by atoms with Gasteiger partial charge in [0.1, 0.15) is 0 Å². The van der Waals surface area contributed by atoms with Crippen molar-refractivity contribution in [3.05, 3.63) is 0 Å². The molecule has 1 heterocycles. The first kappa shape index (κ1) is 8.52. The molecule has 12 heavy (non-hydrogen) atoms. The normalized spacial score (nSPS) is 48.5. The molecular formula is C10H18O2. The van der Waals surface area contributed by atoms with Gasteiger partial charge < -0.3 is 9.84 Å². The van der Waals surface area contributed by atoms with Crippen LogP contribution in [-0.4, -0.2) is 23.9 Å². The average molecular weight is 170 g/mol. The minimum atomic E-state index is -0.392. The predicted octanol–water partition coefficient (Wildman–Crippen LogP) is 1.57. The van der Waals surface area contributed by atoms with Crippen molar-refractivity contribution in [2.75, 3.05) is 13.2 Å². The maximum Gasteiger partial charge on any atom is 0.0724 e. The van der Waals surface area contributed by atoms with Crippen LogP contribution in [0.15, 0.2) is 0 Å². The summed E-state index contributed by atoms with van der Waals surface area (Å²) in [6.07, 6.45) is 4.42. The monoisotopic (exact) mass is 170 g/mol. The van der Waals surface area contributed by atoms with Crippen LogP contribution in [0.1, 0.15) is 32.6 Å². The van der Waals surface area contributed by atoms with Gasteiger partial charge in [-0.25, -0.2) is 0 Å². The Balaban J connectivity index is 2.07. The van der Waals surface area contributed by atoms with Crippen LogP contribution in [0, 0.1) is 11.8 Å². The molecule has 1 aliphatic heterocycles. The van der Waals surface area contributed by atoms with Crippen molar-refractivity contribution in [3.8, 4) is 0 Å². The molecule has 3 atom stereocenters. The van der Waals surface area contributed by atoms with Gasteiger partial charge in [0.2, 0.25) is 0 Å². The third-order valence-electron chi connectivity index (χ3n) is 3.70. The summed E-state index contributed by atoms with van der Waals surface area (Å²) in [4.78, 5) is 0. The van der Waals surface area contributed by atoms with Gasteiger partial charge in [-0.3, -0.25) is 0 Å². The Kier molecular flexibility index (Phi) is 2.13. The van der Waals surface area contributed by atoms with E-state index in [-0.39, 0.29) is 0 Å². The van der Waals surface area contributed by atoms with Gasteiger partial charge in [0, 0.05) is 12.5 Å². The van der Waals surface area contributed by atoms with Gasteiger partial charge in [-0.05, 0) is 25.2 Å². The largest absolute Gasteiger partial charge is 0.389 e. The van der Waals surface area contributed by atoms with Crippen LogP contribution < -0.4 is 0 Å². The van der Waals surface area contributed by atoms with E-state index in [1.165, 1.54) is 12.8 Å². The maximum atomic E-state index is 10.4. The van der Waals surface area contributed by atoms with Crippen LogP contribution in [0.3, 0.4) is 0 Å². The van der Waals surface area contributed by atoms with Gasteiger partial charge in [-0.1, -0.05) is 13.3 Å². The van der Waals surface area contributed by atoms with E-state index in [1.54, 1.807) is 0 Å². The van der Waals surface area contributed by atoms with Gasteiger partial charge in [0.05, 0.1) is 12.2 Å². The lowest BCUT2D eigenvalue weighted by molar-refractivity contribution is -0.0480. The highest BCUT2D eigenvalue weighted by Gasteiger charge is 2.45. The number of hydrogen-bond donors (Lipinski definition) is 1. The van der Waals surface area contributed by atoms with Crippen molar-refractivity contribution in [1.82, 2.24) is 0 Å². The zero-order valence-electron chi connectivity index (χ0n) is 7.75. The van der Waals surface area contributed by atoms with Gasteiger partial charge in [0.15, 0.2) is 0 Å². The van der Waals surface area contributed by atoms with Crippen molar-refractivity contribution in [1.29, 1.82) is 0 Å². The molecule has 0 spiro atoms. The predicted molar refractivity (Wildman–Crippen MR) is 46.9 cm³/mol. The fourth-order valence-electron chi connectivity index (χ4n) is 2.72. The topological polar surface area (TPSA) is 29.5 Å². The highest BCUT2D eigenvalue weighted by molar-refractivity contribution is 4.96. The Morgan fingerprint density at radius 2 is 2.25 bits per heavy atom. The van der Waals surface area contributed by atoms with E-state index in [0.29, 0.717) is 11.8 Å². The SMILES string of the molecule is CC1CCCC1(O)C1CCOC1. The molecular weight excluding hydrogens is 152 g/mol. The number of ether oxygens (including phenoxy) is 1. The zero-order chi connectivity index (χ0) is 8.60. The van der Waals surface area contributed by atoms with Gasteiger partial charge >= 0.3 is 0 Å². The molecule has 2 fully saturated rings. The molecule has 1 aliphatic carbocycles. The van der Waals surface area contributed by atoms with E-state index in [4.69, 9.17) is 4.74 Å². The zero-order valence-corrected chi connectivity index (χ0v) is 7.75. The lowest BCUT2D eigenvalue weighted by Gasteiger charge is -2.33. The standard InChI is InChI=1S/C10H18O2/c1-8-3-2-5-10(8,11)9-4-6-12-7-9/h8-9,11H,2-7H2,1H3. The summed E-state index contributed by atoms with van der Waals surface area (Å²) in [5, 5.41) is 10.4. The van der Waals surface area contributed by atoms with Crippen molar-refractivity contribution >= 4 is 0 Å². The summed E-state index contributed by atoms with van der Waals surface area (Å²) in [5.41, 5.74) is -0.392. The molecule has 0 amide bonds. The van der Waals surface area contributed by atoms with Crippen LogP contribution >= 0.6 is 0 Å². The van der Waals surface area contributed by atoms with E-state index < -0.39 is 5.60 Å². The number of hydrogen-bond acceptors (Lipinski definition) is 2. The van der Waals surface area contributed by atoms with Crippen LogP contribution in [-0.2, 0) is 4.74 Å². The smallest absolute Gasteiger partial charge is 0.0724 e. The van der Waals surface area contributed by atoms with Crippen LogP contribution in [0.5, 0.6) is 0 Å². The van der Waals surface area contributed by atoms with Gasteiger partial charge in [-0.15, -0.1) is 0 Å². The molecule has 0 aromatic carbocycles. The lowest BCUT2D eigenvalue weighted by Crippen LogP contribution is -2.40. The quantitative estimate of drug-likeness (QED) is 0.647. The fraction of sp³-hybridized carbons (Fsp3) is 1.00. The summed E-state index contributed by atoms with van der Waals surface area (Å²) in [7, 11) is 0. The van der Waals surface area contributed by atoms with Crippen molar-refractivity contribution in [3.63, 3.8) is 0 Å². The van der Waals surface area contributed by atoms with Crippen molar-refractivity contribution in [2.45, 2.75) is 38.2 Å². The van der Waals surface area contributed by atoms with E-state index in [9.17, 15) is 5.11 Å². The summed E-state index contributed by atoms with van der Waals surface area (Å²) >= 11 is 0. The third-order valence-corrected chi connectivity index (χ3v) is 3.70. The Morgan fingerprint density at radius 3 is 2.75 bits per heavy atom. The van der Waals surface area contributed by atoms with Crippen LogP contribution in [0.25, 0.3) is 0 Å². The molecule has 3 unspecified atom stereocenters. The molecule has 2 aliphatic rings. The van der Waals surface area contributed by atoms with Crippen LogP contribution in [0.4, 0.5) is 0 Å². The first-order valence-electron chi connectivity index (χ1n) is 5.03. The minimum absolute atomic E-state index is 0.392. The summed E-state index contributed by atoms with van der Waals surface area (Å²) in [5.74, 6) is 0.888. The Morgan fingerprint density at radius 1 is 1.42 bits per heavy atom. The molecule has 2 nitrogen and oxygen atoms in total. The number of rotatable bonds is 1. The fourth-order valence-corrected chi connectivity index (χ4v) is 2.72. The molecule has 1 N–H and O–H groups in total. The molecule has 70 valence electrons. The van der Waals surface area contributed by atoms with E-state index in [0.717, 1.165) is 26.1 Å². The maximum absolute atomic E-state index is 10.4. The summed E-state index contributed by atoms with van der Waals surface area (Å²) in [6, 6.07) is 0. The summed E-state index contributed by atoms with van der Waals surface area (Å²) in [6.45, 7) is 3.80. The van der Waals surface area contributed by atoms with Crippen LogP contribution in [0.2, 0.25) is 0 Å². The van der Waals surface area contributed by atoms with E-state index >= 15 is 0 Å². The Labute approximate surface area is 73.9 Å². The number of aliphatic hydroxyl groups is 1. The van der Waals surface area contributed by atoms with E-state index in [1.807, 2.05) is 0 Å². The van der Waals surface area contributed by atoms with Gasteiger partial charge in [0.25, 0.3) is 0 Å². The molecule has 2 heteroatoms. The molecule has 0 aromatic heterocycles. The third kappa shape index (κ3) is 1.17. The molecule has 0 aromatic rings.